The van der Waals surface area contributed by atoms with E-state index in [9.17, 15) is 9.59 Å². The van der Waals surface area contributed by atoms with E-state index in [4.69, 9.17) is 5.73 Å². The second-order valence-corrected chi connectivity index (χ2v) is 6.95. The summed E-state index contributed by atoms with van der Waals surface area (Å²) in [6.45, 7) is 5.44. The van der Waals surface area contributed by atoms with Crippen LogP contribution in [0.2, 0.25) is 0 Å². The maximum Gasteiger partial charge on any atom is 0.224 e. The fourth-order valence-corrected chi connectivity index (χ4v) is 3.92. The number of nitrogens with one attached hydrogen (secondary N) is 2. The van der Waals surface area contributed by atoms with E-state index in [-0.39, 0.29) is 17.7 Å². The zero-order valence-corrected chi connectivity index (χ0v) is 14.6. The molecule has 9 nitrogen and oxygen atoms in total. The van der Waals surface area contributed by atoms with E-state index in [2.05, 4.69) is 25.8 Å². The van der Waals surface area contributed by atoms with Gasteiger partial charge < -0.3 is 16.4 Å². The predicted octanol–water partition coefficient (Wildman–Crippen LogP) is -1.30. The quantitative estimate of drug-likeness (QED) is 0.527. The van der Waals surface area contributed by atoms with Crippen molar-refractivity contribution in [1.82, 2.24) is 30.5 Å². The molecule has 2 amide bonds. The van der Waals surface area contributed by atoms with Gasteiger partial charge in [0, 0.05) is 45.3 Å². The molecule has 4 rings (SSSR count). The number of amides is 2. The van der Waals surface area contributed by atoms with Gasteiger partial charge in [0.05, 0.1) is 18.2 Å². The molecule has 3 aliphatic rings. The van der Waals surface area contributed by atoms with Gasteiger partial charge in [-0.3, -0.25) is 19.2 Å². The molecule has 25 heavy (non-hydrogen) atoms. The third-order valence-corrected chi connectivity index (χ3v) is 5.21. The van der Waals surface area contributed by atoms with Gasteiger partial charge in [-0.25, -0.2) is 0 Å². The third kappa shape index (κ3) is 4.35. The van der Waals surface area contributed by atoms with Gasteiger partial charge in [-0.2, -0.15) is 0 Å². The molecule has 3 fully saturated rings. The summed E-state index contributed by atoms with van der Waals surface area (Å²) in [6.07, 6.45) is 3.96. The molecule has 2 bridgehead atoms. The highest BCUT2D eigenvalue weighted by Gasteiger charge is 2.43. The van der Waals surface area contributed by atoms with Crippen LogP contribution < -0.4 is 16.4 Å². The minimum atomic E-state index is -0.0779. The van der Waals surface area contributed by atoms with E-state index >= 15 is 0 Å². The number of nitrogens with zero attached hydrogens (tertiary/aromatic N) is 4. The van der Waals surface area contributed by atoms with Crippen molar-refractivity contribution in [3.8, 4) is 0 Å². The summed E-state index contributed by atoms with van der Waals surface area (Å²) in [4.78, 5) is 25.7. The SMILES string of the molecule is CC(=O)NCCNC(=O)[C@H]1CN2CC[C@H]1C[C@@H]2Cn1cc(CN)nn1. The Hall–Kier alpha value is -2.00. The summed E-state index contributed by atoms with van der Waals surface area (Å²) in [7, 11) is 0. The number of hydrogen-bond acceptors (Lipinski definition) is 6. The second kappa shape index (κ2) is 7.92. The molecule has 4 heterocycles. The first-order valence-corrected chi connectivity index (χ1v) is 8.92. The van der Waals surface area contributed by atoms with E-state index in [1.165, 1.54) is 6.92 Å². The lowest BCUT2D eigenvalue weighted by Crippen LogP contribution is -2.58. The van der Waals surface area contributed by atoms with Crippen LogP contribution in [0.4, 0.5) is 0 Å². The Morgan fingerprint density at radius 3 is 2.80 bits per heavy atom. The molecule has 9 heteroatoms. The van der Waals surface area contributed by atoms with Gasteiger partial charge >= 0.3 is 0 Å². The lowest BCUT2D eigenvalue weighted by molar-refractivity contribution is -0.133. The minimum absolute atomic E-state index is 0.0395. The molecule has 3 aliphatic heterocycles. The molecule has 138 valence electrons. The molecule has 0 radical (unpaired) electrons. The molecule has 1 aromatic heterocycles. The first-order chi connectivity index (χ1) is 12.1. The van der Waals surface area contributed by atoms with Crippen molar-refractivity contribution in [2.45, 2.75) is 38.9 Å². The highest BCUT2D eigenvalue weighted by molar-refractivity contribution is 5.79. The zero-order valence-electron chi connectivity index (χ0n) is 14.6. The number of aromatic nitrogens is 3. The van der Waals surface area contributed by atoms with Gasteiger partial charge in [0.15, 0.2) is 0 Å². The zero-order chi connectivity index (χ0) is 17.8. The summed E-state index contributed by atoms with van der Waals surface area (Å²) in [6, 6.07) is 0.398. The molecule has 0 saturated carbocycles. The van der Waals surface area contributed by atoms with Crippen molar-refractivity contribution in [2.24, 2.45) is 17.6 Å². The molecule has 4 atom stereocenters. The summed E-state index contributed by atoms with van der Waals surface area (Å²) < 4.78 is 1.86. The summed E-state index contributed by atoms with van der Waals surface area (Å²) >= 11 is 0. The number of rotatable bonds is 7. The average Bonchev–Trinajstić information content (AvgIpc) is 3.06. The van der Waals surface area contributed by atoms with E-state index in [1.54, 1.807) is 0 Å². The smallest absolute Gasteiger partial charge is 0.224 e. The van der Waals surface area contributed by atoms with E-state index < -0.39 is 0 Å². The first-order valence-electron chi connectivity index (χ1n) is 8.92. The van der Waals surface area contributed by atoms with Crippen LogP contribution in [0.1, 0.15) is 25.5 Å². The number of carbonyl (C=O) groups excluding carboxylic acids is 2. The van der Waals surface area contributed by atoms with Crippen molar-refractivity contribution in [3.05, 3.63) is 11.9 Å². The largest absolute Gasteiger partial charge is 0.355 e. The topological polar surface area (TPSA) is 118 Å². The third-order valence-electron chi connectivity index (χ3n) is 5.21. The monoisotopic (exact) mass is 349 g/mol. The minimum Gasteiger partial charge on any atom is -0.355 e. The standard InChI is InChI=1S/C16H27N7O2/c1-11(24)18-3-4-19-16(25)15-10-22-5-2-12(15)6-14(22)9-23-8-13(7-17)20-21-23/h8,12,14-15H,2-7,9-10,17H2,1H3,(H,18,24)(H,19,25)/t12-,14+,15-/m0/s1. The van der Waals surface area contributed by atoms with Crippen LogP contribution in [0.5, 0.6) is 0 Å². The van der Waals surface area contributed by atoms with Crippen LogP contribution in [-0.4, -0.2) is 63.9 Å². The lowest BCUT2D eigenvalue weighted by atomic mass is 9.75. The predicted molar refractivity (Wildman–Crippen MR) is 91.2 cm³/mol. The summed E-state index contributed by atoms with van der Waals surface area (Å²) in [5.41, 5.74) is 6.38. The lowest BCUT2D eigenvalue weighted by Gasteiger charge is -2.49. The van der Waals surface area contributed by atoms with Gasteiger partial charge in [0.25, 0.3) is 0 Å². The van der Waals surface area contributed by atoms with Crippen molar-refractivity contribution in [3.63, 3.8) is 0 Å². The molecular weight excluding hydrogens is 322 g/mol. The van der Waals surface area contributed by atoms with E-state index in [0.717, 1.165) is 38.2 Å². The molecule has 0 spiro atoms. The Morgan fingerprint density at radius 1 is 1.36 bits per heavy atom. The van der Waals surface area contributed by atoms with E-state index in [1.807, 2.05) is 10.9 Å². The molecular formula is C16H27N7O2. The van der Waals surface area contributed by atoms with Crippen molar-refractivity contribution in [2.75, 3.05) is 26.2 Å². The summed E-state index contributed by atoms with van der Waals surface area (Å²) in [5.74, 6) is 0.474. The molecule has 3 saturated heterocycles. The molecule has 0 aromatic carbocycles. The number of nitrogens with two attached hydrogens (primary N) is 1. The Bertz CT molecular complexity index is 617. The van der Waals surface area contributed by atoms with Gasteiger partial charge in [-0.1, -0.05) is 5.21 Å². The van der Waals surface area contributed by atoms with Crippen molar-refractivity contribution < 1.29 is 9.59 Å². The maximum absolute atomic E-state index is 12.4. The highest BCUT2D eigenvalue weighted by atomic mass is 16.2. The van der Waals surface area contributed by atoms with Gasteiger partial charge in [-0.15, -0.1) is 5.10 Å². The normalized spacial score (nSPS) is 27.9. The molecule has 1 unspecified atom stereocenters. The average molecular weight is 349 g/mol. The van der Waals surface area contributed by atoms with Gasteiger partial charge in [0.2, 0.25) is 11.8 Å². The molecule has 0 aliphatic carbocycles. The fourth-order valence-electron chi connectivity index (χ4n) is 3.92. The van der Waals surface area contributed by atoms with E-state index in [0.29, 0.717) is 31.6 Å². The Labute approximate surface area is 147 Å². The van der Waals surface area contributed by atoms with Gasteiger partial charge in [0.1, 0.15) is 0 Å². The molecule has 1 aromatic rings. The van der Waals surface area contributed by atoms with Crippen LogP contribution in [0, 0.1) is 11.8 Å². The highest BCUT2D eigenvalue weighted by Crippen LogP contribution is 2.36. The number of piperidine rings is 3. The van der Waals surface area contributed by atoms with Crippen molar-refractivity contribution in [1.29, 1.82) is 0 Å². The van der Waals surface area contributed by atoms with Crippen molar-refractivity contribution >= 4 is 11.8 Å². The van der Waals surface area contributed by atoms with Gasteiger partial charge in [-0.05, 0) is 25.3 Å². The maximum atomic E-state index is 12.4. The number of hydrogen-bond donors (Lipinski definition) is 3. The van der Waals surface area contributed by atoms with Crippen LogP contribution in [0.3, 0.4) is 0 Å². The van der Waals surface area contributed by atoms with Crippen LogP contribution in [0.15, 0.2) is 6.20 Å². The Morgan fingerprint density at radius 2 is 2.16 bits per heavy atom. The summed E-state index contributed by atoms with van der Waals surface area (Å²) in [5, 5.41) is 13.8. The Balaban J connectivity index is 1.49. The number of fused-ring (bicyclic) bond motifs is 3. The van der Waals surface area contributed by atoms with Crippen LogP contribution in [0.25, 0.3) is 0 Å². The fraction of sp³-hybridized carbons (Fsp3) is 0.750. The first kappa shape index (κ1) is 17.8. The van der Waals surface area contributed by atoms with Crippen LogP contribution in [-0.2, 0) is 22.7 Å². The second-order valence-electron chi connectivity index (χ2n) is 6.95. The Kier molecular flexibility index (Phi) is 5.64. The molecule has 4 N–H and O–H groups in total. The van der Waals surface area contributed by atoms with Crippen LogP contribution >= 0.6 is 0 Å². The number of carbonyl (C=O) groups is 2.